The predicted octanol–water partition coefficient (Wildman–Crippen LogP) is 3.04. The number of halogens is 1. The molecular weight excluding hydrogens is 296 g/mol. The summed E-state index contributed by atoms with van der Waals surface area (Å²) in [5.41, 5.74) is 0. The number of nitrogens with one attached hydrogen (secondary N) is 2. The van der Waals surface area contributed by atoms with E-state index in [1.165, 1.54) is 0 Å². The van der Waals surface area contributed by atoms with Crippen LogP contribution < -0.4 is 10.6 Å². The number of hydrogen-bond acceptors (Lipinski definition) is 4. The van der Waals surface area contributed by atoms with Gasteiger partial charge in [0.15, 0.2) is 0 Å². The fraction of sp³-hybridized carbons (Fsp3) is 0.857. The molecule has 0 saturated carbocycles. The molecule has 0 aliphatic rings. The van der Waals surface area contributed by atoms with Gasteiger partial charge in [0.05, 0.1) is 13.2 Å². The number of unbranched alkanes of at least 4 members (excludes halogenated alkanes) is 4. The van der Waals surface area contributed by atoms with Crippen LogP contribution in [0.2, 0.25) is 0 Å². The summed E-state index contributed by atoms with van der Waals surface area (Å²) < 4.78 is 9.79. The predicted molar refractivity (Wildman–Crippen MR) is 82.8 cm³/mol. The van der Waals surface area contributed by atoms with Gasteiger partial charge in [-0.3, -0.25) is 0 Å². The van der Waals surface area contributed by atoms with Crippen molar-refractivity contribution in [1.82, 2.24) is 10.6 Å². The van der Waals surface area contributed by atoms with Gasteiger partial charge in [-0.15, -0.1) is 11.6 Å². The third kappa shape index (κ3) is 15.0. The number of alkyl halides is 1. The lowest BCUT2D eigenvalue weighted by molar-refractivity contribution is 0.131. The first kappa shape index (κ1) is 19.8. The first-order valence-corrected chi connectivity index (χ1v) is 8.11. The molecule has 0 unspecified atom stereocenters. The fourth-order valence-corrected chi connectivity index (χ4v) is 1.66. The van der Waals surface area contributed by atoms with E-state index >= 15 is 0 Å². The molecule has 0 rings (SSSR count). The van der Waals surface area contributed by atoms with Crippen molar-refractivity contribution in [2.75, 3.05) is 32.2 Å². The highest BCUT2D eigenvalue weighted by Gasteiger charge is 2.03. The molecule has 0 saturated heterocycles. The van der Waals surface area contributed by atoms with E-state index in [0.29, 0.717) is 19.0 Å². The van der Waals surface area contributed by atoms with Crippen molar-refractivity contribution in [1.29, 1.82) is 0 Å². The molecular formula is C14H27ClN2O4. The minimum absolute atomic E-state index is 0.126. The molecule has 0 atom stereocenters. The fourth-order valence-electron chi connectivity index (χ4n) is 1.47. The summed E-state index contributed by atoms with van der Waals surface area (Å²) in [4.78, 5) is 22.4. The maximum atomic E-state index is 11.3. The van der Waals surface area contributed by atoms with Gasteiger partial charge in [-0.25, -0.2) is 9.59 Å². The van der Waals surface area contributed by atoms with Gasteiger partial charge in [0.1, 0.15) is 6.61 Å². The second-order valence-electron chi connectivity index (χ2n) is 4.58. The van der Waals surface area contributed by atoms with Crippen molar-refractivity contribution < 1.29 is 19.1 Å². The second-order valence-corrected chi connectivity index (χ2v) is 4.96. The molecule has 2 N–H and O–H groups in total. The van der Waals surface area contributed by atoms with Crippen LogP contribution in [0.3, 0.4) is 0 Å². The van der Waals surface area contributed by atoms with Crippen LogP contribution >= 0.6 is 11.6 Å². The minimum atomic E-state index is -0.480. The quantitative estimate of drug-likeness (QED) is 0.427. The zero-order chi connectivity index (χ0) is 15.8. The van der Waals surface area contributed by atoms with Gasteiger partial charge < -0.3 is 20.1 Å². The third-order valence-electron chi connectivity index (χ3n) is 2.67. The molecule has 0 bridgehead atoms. The summed E-state index contributed by atoms with van der Waals surface area (Å²) in [5.74, 6) is 0.684. The Morgan fingerprint density at radius 2 is 1.48 bits per heavy atom. The molecule has 6 nitrogen and oxygen atoms in total. The smallest absolute Gasteiger partial charge is 0.407 e. The molecule has 21 heavy (non-hydrogen) atoms. The van der Waals surface area contributed by atoms with Crippen molar-refractivity contribution in [3.05, 3.63) is 0 Å². The van der Waals surface area contributed by atoms with Crippen LogP contribution in [-0.4, -0.2) is 44.4 Å². The third-order valence-corrected chi connectivity index (χ3v) is 2.93. The average Bonchev–Trinajstić information content (AvgIpc) is 2.47. The largest absolute Gasteiger partial charge is 0.450 e. The molecule has 2 amide bonds. The van der Waals surface area contributed by atoms with Crippen molar-refractivity contribution in [3.63, 3.8) is 0 Å². The number of carbonyl (C=O) groups is 2. The van der Waals surface area contributed by atoms with Crippen LogP contribution in [0.1, 0.15) is 45.4 Å². The molecule has 0 aromatic carbocycles. The van der Waals surface area contributed by atoms with E-state index in [1.54, 1.807) is 0 Å². The molecule has 7 heteroatoms. The number of amides is 2. The Labute approximate surface area is 131 Å². The summed E-state index contributed by atoms with van der Waals surface area (Å²) in [6, 6.07) is 0. The topological polar surface area (TPSA) is 76.7 Å². The van der Waals surface area contributed by atoms with Crippen LogP contribution in [0.5, 0.6) is 0 Å². The Balaban J connectivity index is 3.31. The molecule has 0 heterocycles. The summed E-state index contributed by atoms with van der Waals surface area (Å²) in [7, 11) is 0. The maximum Gasteiger partial charge on any atom is 0.407 e. The van der Waals surface area contributed by atoms with E-state index in [-0.39, 0.29) is 13.2 Å². The SMILES string of the molecule is CCCCOC(=O)NCCOC(=O)NCCCCCCCl. The van der Waals surface area contributed by atoms with Crippen LogP contribution in [0.25, 0.3) is 0 Å². The van der Waals surface area contributed by atoms with Crippen LogP contribution in [0, 0.1) is 0 Å². The standard InChI is InChI=1S/C14H27ClN2O4/c1-2-3-11-20-14(19)17-10-12-21-13(18)16-9-7-5-4-6-8-15/h2-12H2,1H3,(H,16,18)(H,17,19). The maximum absolute atomic E-state index is 11.3. The number of rotatable bonds is 12. The molecule has 0 aliphatic carbocycles. The van der Waals surface area contributed by atoms with Gasteiger partial charge in [-0.1, -0.05) is 26.2 Å². The monoisotopic (exact) mass is 322 g/mol. The molecule has 0 aliphatic heterocycles. The van der Waals surface area contributed by atoms with Gasteiger partial charge in [0.25, 0.3) is 0 Å². The summed E-state index contributed by atoms with van der Waals surface area (Å²) in [5, 5.41) is 5.16. The average molecular weight is 323 g/mol. The van der Waals surface area contributed by atoms with Gasteiger partial charge in [0.2, 0.25) is 0 Å². The summed E-state index contributed by atoms with van der Waals surface area (Å²) in [6.45, 7) is 3.39. The van der Waals surface area contributed by atoms with Crippen LogP contribution in [-0.2, 0) is 9.47 Å². The van der Waals surface area contributed by atoms with Crippen molar-refractivity contribution >= 4 is 23.8 Å². The van der Waals surface area contributed by atoms with Crippen molar-refractivity contribution in [2.45, 2.75) is 45.4 Å². The highest BCUT2D eigenvalue weighted by molar-refractivity contribution is 6.17. The van der Waals surface area contributed by atoms with E-state index in [4.69, 9.17) is 21.1 Å². The zero-order valence-electron chi connectivity index (χ0n) is 12.8. The number of ether oxygens (including phenoxy) is 2. The first-order chi connectivity index (χ1) is 10.2. The van der Waals surface area contributed by atoms with Crippen LogP contribution in [0.15, 0.2) is 0 Å². The Morgan fingerprint density at radius 3 is 2.14 bits per heavy atom. The Kier molecular flexibility index (Phi) is 14.4. The van der Waals surface area contributed by atoms with E-state index in [2.05, 4.69) is 10.6 Å². The Hall–Kier alpha value is -1.17. The number of carbonyl (C=O) groups excluding carboxylic acids is 2. The van der Waals surface area contributed by atoms with Gasteiger partial charge in [0, 0.05) is 12.4 Å². The van der Waals surface area contributed by atoms with Crippen LogP contribution in [0.4, 0.5) is 9.59 Å². The summed E-state index contributed by atoms with van der Waals surface area (Å²) >= 11 is 5.56. The molecule has 0 fully saturated rings. The Bertz CT molecular complexity index is 278. The number of hydrogen-bond donors (Lipinski definition) is 2. The lowest BCUT2D eigenvalue weighted by atomic mass is 10.2. The highest BCUT2D eigenvalue weighted by Crippen LogP contribution is 1.99. The van der Waals surface area contributed by atoms with E-state index in [0.717, 1.165) is 38.5 Å². The summed E-state index contributed by atoms with van der Waals surface area (Å²) in [6.07, 6.45) is 4.91. The lowest BCUT2D eigenvalue weighted by Crippen LogP contribution is -2.31. The molecule has 0 radical (unpaired) electrons. The van der Waals surface area contributed by atoms with E-state index < -0.39 is 12.2 Å². The molecule has 0 spiro atoms. The highest BCUT2D eigenvalue weighted by atomic mass is 35.5. The van der Waals surface area contributed by atoms with E-state index in [1.807, 2.05) is 6.92 Å². The second kappa shape index (κ2) is 15.2. The first-order valence-electron chi connectivity index (χ1n) is 7.58. The van der Waals surface area contributed by atoms with E-state index in [9.17, 15) is 9.59 Å². The Morgan fingerprint density at radius 1 is 0.857 bits per heavy atom. The van der Waals surface area contributed by atoms with Gasteiger partial charge in [-0.2, -0.15) is 0 Å². The number of alkyl carbamates (subject to hydrolysis) is 2. The van der Waals surface area contributed by atoms with Crippen molar-refractivity contribution in [2.24, 2.45) is 0 Å². The zero-order valence-corrected chi connectivity index (χ0v) is 13.5. The molecule has 124 valence electrons. The normalized spacial score (nSPS) is 10.0. The molecule has 0 aromatic heterocycles. The van der Waals surface area contributed by atoms with Gasteiger partial charge >= 0.3 is 12.2 Å². The molecule has 0 aromatic rings. The minimum Gasteiger partial charge on any atom is -0.450 e. The lowest BCUT2D eigenvalue weighted by Gasteiger charge is -2.08. The van der Waals surface area contributed by atoms with Gasteiger partial charge in [-0.05, 0) is 19.3 Å². The van der Waals surface area contributed by atoms with Crippen molar-refractivity contribution in [3.8, 4) is 0 Å².